The van der Waals surface area contributed by atoms with Crippen LogP contribution >= 0.6 is 11.3 Å². The Hall–Kier alpha value is -2.28. The van der Waals surface area contributed by atoms with Crippen LogP contribution in [0.1, 0.15) is 13.8 Å². The summed E-state index contributed by atoms with van der Waals surface area (Å²) < 4.78 is 0. The summed E-state index contributed by atoms with van der Waals surface area (Å²) in [6.07, 6.45) is 0. The highest BCUT2D eigenvalue weighted by Gasteiger charge is 2.13. The number of carbonyl (C=O) groups excluding carboxylic acids is 2. The van der Waals surface area contributed by atoms with Gasteiger partial charge in [-0.25, -0.2) is 0 Å². The first-order chi connectivity index (χ1) is 9.47. The van der Waals surface area contributed by atoms with E-state index in [1.807, 2.05) is 12.1 Å². The predicted molar refractivity (Wildman–Crippen MR) is 78.7 cm³/mol. The number of carbonyl (C=O) groups is 2. The molecule has 0 unspecified atom stereocenters. The summed E-state index contributed by atoms with van der Waals surface area (Å²) in [7, 11) is 1.66. The number of hydrogen-bond donors (Lipinski definition) is 1. The van der Waals surface area contributed by atoms with Crippen molar-refractivity contribution >= 4 is 34.0 Å². The van der Waals surface area contributed by atoms with Crippen LogP contribution in [-0.4, -0.2) is 29.1 Å². The molecule has 6 nitrogen and oxygen atoms in total. The highest BCUT2D eigenvalue weighted by atomic mass is 32.1. The second kappa shape index (κ2) is 5.79. The molecule has 2 aromatic rings. The maximum atomic E-state index is 11.3. The standard InChI is InChI=1S/C13H14N4O2S/c1-8(18)14-11-6-4-10(5-7-11)12-15-16-13(20-12)17(3)9(2)19/h4-7H,1-3H3,(H,14,18). The first-order valence-electron chi connectivity index (χ1n) is 5.93. The Bertz CT molecular complexity index is 636. The number of nitrogens with one attached hydrogen (secondary N) is 1. The SMILES string of the molecule is CC(=O)Nc1ccc(-c2nnc(N(C)C(C)=O)s2)cc1. The van der Waals surface area contributed by atoms with E-state index in [2.05, 4.69) is 15.5 Å². The molecule has 0 bridgehead atoms. The fraction of sp³-hybridized carbons (Fsp3) is 0.231. The normalized spacial score (nSPS) is 10.2. The van der Waals surface area contributed by atoms with Gasteiger partial charge in [0, 0.05) is 32.1 Å². The van der Waals surface area contributed by atoms with Crippen molar-refractivity contribution < 1.29 is 9.59 Å². The van der Waals surface area contributed by atoms with E-state index in [-0.39, 0.29) is 11.8 Å². The average Bonchev–Trinajstić information content (AvgIpc) is 2.87. The molecule has 7 heteroatoms. The fourth-order valence-corrected chi connectivity index (χ4v) is 2.36. The Kier molecular flexibility index (Phi) is 4.09. The van der Waals surface area contributed by atoms with Crippen LogP contribution in [0.25, 0.3) is 10.6 Å². The Morgan fingerprint density at radius 2 is 1.80 bits per heavy atom. The van der Waals surface area contributed by atoms with Crippen molar-refractivity contribution in [2.45, 2.75) is 13.8 Å². The molecule has 1 heterocycles. The molecule has 1 aromatic heterocycles. The molecule has 0 radical (unpaired) electrons. The number of aromatic nitrogens is 2. The maximum Gasteiger partial charge on any atom is 0.225 e. The molecule has 0 aliphatic carbocycles. The number of nitrogens with zero attached hydrogens (tertiary/aromatic N) is 3. The summed E-state index contributed by atoms with van der Waals surface area (Å²) in [6.45, 7) is 2.94. The zero-order valence-corrected chi connectivity index (χ0v) is 12.2. The molecule has 0 saturated carbocycles. The van der Waals surface area contributed by atoms with E-state index < -0.39 is 0 Å². The molecule has 0 fully saturated rings. The zero-order valence-electron chi connectivity index (χ0n) is 11.4. The van der Waals surface area contributed by atoms with Gasteiger partial charge in [0.1, 0.15) is 5.01 Å². The Morgan fingerprint density at radius 3 is 2.35 bits per heavy atom. The topological polar surface area (TPSA) is 75.2 Å². The second-order valence-electron chi connectivity index (χ2n) is 4.23. The van der Waals surface area contributed by atoms with Crippen molar-refractivity contribution in [1.82, 2.24) is 10.2 Å². The third-order valence-corrected chi connectivity index (χ3v) is 3.67. The van der Waals surface area contributed by atoms with E-state index in [1.165, 1.54) is 30.1 Å². The number of anilines is 2. The van der Waals surface area contributed by atoms with Gasteiger partial charge in [0.2, 0.25) is 16.9 Å². The van der Waals surface area contributed by atoms with Gasteiger partial charge in [0.25, 0.3) is 0 Å². The summed E-state index contributed by atoms with van der Waals surface area (Å²) in [5.41, 5.74) is 1.62. The van der Waals surface area contributed by atoms with Crippen molar-refractivity contribution in [3.8, 4) is 10.6 Å². The van der Waals surface area contributed by atoms with Gasteiger partial charge in [-0.2, -0.15) is 0 Å². The third kappa shape index (κ3) is 3.18. The Balaban J connectivity index is 2.20. The molecule has 2 rings (SSSR count). The lowest BCUT2D eigenvalue weighted by Crippen LogP contribution is -2.22. The van der Waals surface area contributed by atoms with Crippen molar-refractivity contribution in [3.05, 3.63) is 24.3 Å². The van der Waals surface area contributed by atoms with Gasteiger partial charge in [-0.05, 0) is 24.3 Å². The number of benzene rings is 1. The highest BCUT2D eigenvalue weighted by molar-refractivity contribution is 7.18. The second-order valence-corrected chi connectivity index (χ2v) is 5.18. The number of amides is 2. The first-order valence-corrected chi connectivity index (χ1v) is 6.75. The largest absolute Gasteiger partial charge is 0.326 e. The van der Waals surface area contributed by atoms with Crippen molar-refractivity contribution in [2.24, 2.45) is 0 Å². The van der Waals surface area contributed by atoms with Gasteiger partial charge in [-0.3, -0.25) is 14.5 Å². The summed E-state index contributed by atoms with van der Waals surface area (Å²) >= 11 is 1.34. The smallest absolute Gasteiger partial charge is 0.225 e. The van der Waals surface area contributed by atoms with Crippen LogP contribution in [0.2, 0.25) is 0 Å². The molecule has 1 aromatic carbocycles. The van der Waals surface area contributed by atoms with E-state index >= 15 is 0 Å². The number of hydrogen-bond acceptors (Lipinski definition) is 5. The van der Waals surface area contributed by atoms with Crippen LogP contribution in [0.3, 0.4) is 0 Å². The van der Waals surface area contributed by atoms with Gasteiger partial charge in [-0.1, -0.05) is 11.3 Å². The zero-order chi connectivity index (χ0) is 14.7. The van der Waals surface area contributed by atoms with Crippen LogP contribution in [0.4, 0.5) is 10.8 Å². The maximum absolute atomic E-state index is 11.3. The van der Waals surface area contributed by atoms with Gasteiger partial charge in [-0.15, -0.1) is 10.2 Å². The first kappa shape index (κ1) is 14.1. The van der Waals surface area contributed by atoms with E-state index in [4.69, 9.17) is 0 Å². The van der Waals surface area contributed by atoms with Crippen LogP contribution in [0.5, 0.6) is 0 Å². The fourth-order valence-electron chi connectivity index (χ4n) is 1.50. The summed E-state index contributed by atoms with van der Waals surface area (Å²) in [4.78, 5) is 23.7. The molecule has 0 saturated heterocycles. The quantitative estimate of drug-likeness (QED) is 0.939. The van der Waals surface area contributed by atoms with E-state index in [0.29, 0.717) is 5.13 Å². The molecule has 104 valence electrons. The monoisotopic (exact) mass is 290 g/mol. The van der Waals surface area contributed by atoms with Crippen molar-refractivity contribution in [1.29, 1.82) is 0 Å². The molecule has 2 amide bonds. The lowest BCUT2D eigenvalue weighted by Gasteiger charge is -2.08. The van der Waals surface area contributed by atoms with Gasteiger partial charge >= 0.3 is 0 Å². The molecule has 0 aliphatic rings. The van der Waals surface area contributed by atoms with Crippen molar-refractivity contribution in [2.75, 3.05) is 17.3 Å². The summed E-state index contributed by atoms with van der Waals surface area (Å²) in [6, 6.07) is 7.30. The summed E-state index contributed by atoms with van der Waals surface area (Å²) in [5, 5.41) is 12.0. The van der Waals surface area contributed by atoms with Gasteiger partial charge < -0.3 is 5.32 Å². The lowest BCUT2D eigenvalue weighted by molar-refractivity contribution is -0.116. The minimum absolute atomic E-state index is 0.0892. The van der Waals surface area contributed by atoms with E-state index in [1.54, 1.807) is 19.2 Å². The Labute approximate surface area is 120 Å². The Morgan fingerprint density at radius 1 is 1.15 bits per heavy atom. The van der Waals surface area contributed by atoms with Crippen LogP contribution in [-0.2, 0) is 9.59 Å². The summed E-state index contributed by atoms with van der Waals surface area (Å²) in [5.74, 6) is -0.201. The van der Waals surface area contributed by atoms with Gasteiger partial charge in [0.15, 0.2) is 0 Å². The average molecular weight is 290 g/mol. The van der Waals surface area contributed by atoms with E-state index in [0.717, 1.165) is 16.3 Å². The minimum Gasteiger partial charge on any atom is -0.326 e. The van der Waals surface area contributed by atoms with Crippen LogP contribution in [0, 0.1) is 0 Å². The molecule has 0 aliphatic heterocycles. The highest BCUT2D eigenvalue weighted by Crippen LogP contribution is 2.28. The molecule has 1 N–H and O–H groups in total. The third-order valence-electron chi connectivity index (χ3n) is 2.63. The molecule has 0 spiro atoms. The lowest BCUT2D eigenvalue weighted by atomic mass is 10.2. The molecular formula is C13H14N4O2S. The van der Waals surface area contributed by atoms with Crippen LogP contribution in [0.15, 0.2) is 24.3 Å². The molecule has 20 heavy (non-hydrogen) atoms. The minimum atomic E-state index is -0.112. The molecule has 0 atom stereocenters. The number of rotatable bonds is 3. The van der Waals surface area contributed by atoms with Crippen molar-refractivity contribution in [3.63, 3.8) is 0 Å². The van der Waals surface area contributed by atoms with E-state index in [9.17, 15) is 9.59 Å². The predicted octanol–water partition coefficient (Wildman–Crippen LogP) is 2.15. The van der Waals surface area contributed by atoms with Gasteiger partial charge in [0.05, 0.1) is 0 Å². The molecular weight excluding hydrogens is 276 g/mol. The van der Waals surface area contributed by atoms with Crippen LogP contribution < -0.4 is 10.2 Å².